The molecule has 3 aromatic rings. The second kappa shape index (κ2) is 10.4. The van der Waals surface area contributed by atoms with Crippen molar-refractivity contribution in [3.05, 3.63) is 65.5 Å². The van der Waals surface area contributed by atoms with E-state index < -0.39 is 33.8 Å². The maximum absolute atomic E-state index is 13.6. The Kier molecular flexibility index (Phi) is 7.40. The van der Waals surface area contributed by atoms with Crippen LogP contribution < -0.4 is 14.9 Å². The number of hydrogen-bond donors (Lipinski definition) is 2. The quantitative estimate of drug-likeness (QED) is 0.407. The first-order chi connectivity index (χ1) is 17.8. The van der Waals surface area contributed by atoms with Crippen LogP contribution in [0.15, 0.2) is 48.8 Å². The van der Waals surface area contributed by atoms with Gasteiger partial charge in [-0.2, -0.15) is 18.2 Å². The van der Waals surface area contributed by atoms with Gasteiger partial charge >= 0.3 is 6.18 Å². The Morgan fingerprint density at radius 1 is 1.16 bits per heavy atom. The number of carbonyl (C=O) groups excluding carboxylic acids is 1. The van der Waals surface area contributed by atoms with E-state index in [9.17, 15) is 30.8 Å². The Hall–Kier alpha value is -4.01. The molecule has 0 aliphatic carbocycles. The van der Waals surface area contributed by atoms with Crippen molar-refractivity contribution in [1.82, 2.24) is 19.9 Å². The number of amides is 1. The summed E-state index contributed by atoms with van der Waals surface area (Å²) in [6.07, 6.45) is -2.81. The number of alkyl halides is 4. The topological polar surface area (TPSA) is 120 Å². The van der Waals surface area contributed by atoms with E-state index in [1.54, 1.807) is 0 Å². The van der Waals surface area contributed by atoms with Gasteiger partial charge in [-0.25, -0.2) is 22.8 Å². The Morgan fingerprint density at radius 2 is 1.84 bits per heavy atom. The summed E-state index contributed by atoms with van der Waals surface area (Å²) in [6, 6.07) is 9.11. The minimum absolute atomic E-state index is 0.0408. The predicted molar refractivity (Wildman–Crippen MR) is 132 cm³/mol. The summed E-state index contributed by atoms with van der Waals surface area (Å²) in [7, 11) is -2.37. The lowest BCUT2D eigenvalue weighted by atomic mass is 10.1. The van der Waals surface area contributed by atoms with Gasteiger partial charge in [0.1, 0.15) is 23.4 Å². The summed E-state index contributed by atoms with van der Waals surface area (Å²) in [6.45, 7) is -0.131. The number of sulfonamides is 1. The average molecular weight is 554 g/mol. The smallest absolute Gasteiger partial charge is 0.365 e. The van der Waals surface area contributed by atoms with Gasteiger partial charge in [0.15, 0.2) is 0 Å². The minimum atomic E-state index is -4.76. The second-order valence-corrected chi connectivity index (χ2v) is 10.5. The Bertz CT molecular complexity index is 1430. The number of benzene rings is 1. The molecule has 202 valence electrons. The van der Waals surface area contributed by atoms with Crippen molar-refractivity contribution in [3.63, 3.8) is 0 Å². The lowest BCUT2D eigenvalue weighted by molar-refractivity contribution is -0.137. The van der Waals surface area contributed by atoms with Crippen LogP contribution in [0.4, 0.5) is 40.8 Å². The van der Waals surface area contributed by atoms with Crippen molar-refractivity contribution >= 4 is 39.2 Å². The lowest BCUT2D eigenvalue weighted by Crippen LogP contribution is -2.51. The van der Waals surface area contributed by atoms with Gasteiger partial charge in [0.25, 0.3) is 5.91 Å². The molecule has 38 heavy (non-hydrogen) atoms. The minimum Gasteiger partial charge on any atom is -0.365 e. The number of pyridine rings is 1. The van der Waals surface area contributed by atoms with Crippen LogP contribution in [0.1, 0.15) is 21.5 Å². The zero-order chi connectivity index (χ0) is 27.7. The lowest BCUT2D eigenvalue weighted by Gasteiger charge is -2.34. The number of nitrogens with zero attached hydrogens (tertiary/aromatic N) is 5. The van der Waals surface area contributed by atoms with Gasteiger partial charge in [-0.15, -0.1) is 0 Å². The summed E-state index contributed by atoms with van der Waals surface area (Å²) in [5.41, 5.74) is -0.0529. The van der Waals surface area contributed by atoms with Crippen molar-refractivity contribution in [2.75, 3.05) is 41.3 Å². The number of nitrogens with one attached hydrogen (secondary N) is 2. The number of halogens is 4. The highest BCUT2D eigenvalue weighted by atomic mass is 32.2. The van der Waals surface area contributed by atoms with Gasteiger partial charge in [-0.3, -0.25) is 9.10 Å². The van der Waals surface area contributed by atoms with Crippen LogP contribution in [0, 0.1) is 0 Å². The summed E-state index contributed by atoms with van der Waals surface area (Å²) < 4.78 is 78.7. The van der Waals surface area contributed by atoms with Crippen molar-refractivity contribution in [1.29, 1.82) is 0 Å². The molecule has 0 atom stereocenters. The predicted octanol–water partition coefficient (Wildman–Crippen LogP) is 3.44. The number of likely N-dealkylation sites (tertiary alicyclic amines) is 1. The highest BCUT2D eigenvalue weighted by Gasteiger charge is 2.35. The molecule has 0 bridgehead atoms. The fourth-order valence-electron chi connectivity index (χ4n) is 3.57. The molecule has 1 aromatic carbocycles. The van der Waals surface area contributed by atoms with E-state index in [2.05, 4.69) is 25.6 Å². The van der Waals surface area contributed by atoms with Crippen LogP contribution in [-0.4, -0.2) is 66.7 Å². The van der Waals surface area contributed by atoms with Crippen LogP contribution in [0.25, 0.3) is 0 Å². The third-order valence-corrected chi connectivity index (χ3v) is 6.88. The number of aromatic nitrogens is 3. The van der Waals surface area contributed by atoms with E-state index in [4.69, 9.17) is 0 Å². The number of rotatable bonds is 8. The summed E-state index contributed by atoms with van der Waals surface area (Å²) in [5, 5.41) is 5.40. The van der Waals surface area contributed by atoms with Crippen molar-refractivity contribution in [2.24, 2.45) is 0 Å². The molecule has 1 saturated heterocycles. The monoisotopic (exact) mass is 553 g/mol. The molecule has 1 amide bonds. The van der Waals surface area contributed by atoms with E-state index in [-0.39, 0.29) is 37.3 Å². The number of carbonyl (C=O) groups is 1. The highest BCUT2D eigenvalue weighted by molar-refractivity contribution is 7.92. The first-order valence-electron chi connectivity index (χ1n) is 11.2. The molecule has 0 unspecified atom stereocenters. The molecule has 2 N–H and O–H groups in total. The SMILES string of the molecule is CN(c1ncccc1CNc1nc(Nc2ccc(C(=O)N3CC(F)C3)cc2)ncc1C(F)(F)F)S(C)(=O)=O. The van der Waals surface area contributed by atoms with Crippen LogP contribution in [0.3, 0.4) is 0 Å². The number of hydrogen-bond acceptors (Lipinski definition) is 8. The third-order valence-electron chi connectivity index (χ3n) is 5.72. The Labute approximate surface area is 215 Å². The van der Waals surface area contributed by atoms with Crippen molar-refractivity contribution in [3.8, 4) is 0 Å². The molecule has 1 aliphatic heterocycles. The molecule has 4 rings (SSSR count). The Balaban J connectivity index is 1.54. The first kappa shape index (κ1) is 27.0. The van der Waals surface area contributed by atoms with E-state index in [1.807, 2.05) is 0 Å². The average Bonchev–Trinajstić information content (AvgIpc) is 2.84. The molecule has 2 aromatic heterocycles. The number of anilines is 4. The fraction of sp³-hybridized carbons (Fsp3) is 0.304. The second-order valence-electron chi connectivity index (χ2n) is 8.53. The van der Waals surface area contributed by atoms with Gasteiger partial charge in [-0.1, -0.05) is 6.07 Å². The standard InChI is InChI=1S/C23H23F4N7O3S/c1-33(38(2,36)37)20-15(4-3-9-28-20)10-29-19-18(23(25,26)27)11-30-22(32-19)31-17-7-5-14(6-8-17)21(35)34-12-16(24)13-34/h3-9,11,16H,10,12-13H2,1-2H3,(H2,29,30,31,32). The third kappa shape index (κ3) is 6.10. The van der Waals surface area contributed by atoms with Gasteiger partial charge in [0.05, 0.1) is 19.3 Å². The van der Waals surface area contributed by atoms with Gasteiger partial charge < -0.3 is 15.5 Å². The molecule has 10 nitrogen and oxygen atoms in total. The molecule has 1 aliphatic rings. The maximum Gasteiger partial charge on any atom is 0.421 e. The molecular weight excluding hydrogens is 530 g/mol. The molecule has 0 spiro atoms. The van der Waals surface area contributed by atoms with E-state index in [0.717, 1.165) is 10.6 Å². The van der Waals surface area contributed by atoms with Gasteiger partial charge in [0, 0.05) is 42.8 Å². The highest BCUT2D eigenvalue weighted by Crippen LogP contribution is 2.34. The molecule has 0 saturated carbocycles. The normalized spacial score (nSPS) is 14.1. The van der Waals surface area contributed by atoms with Crippen LogP contribution >= 0.6 is 0 Å². The summed E-state index contributed by atoms with van der Waals surface area (Å²) >= 11 is 0. The van der Waals surface area contributed by atoms with Crippen LogP contribution in [0.5, 0.6) is 0 Å². The molecule has 15 heteroatoms. The van der Waals surface area contributed by atoms with Gasteiger partial charge in [-0.05, 0) is 30.3 Å². The molecule has 0 radical (unpaired) electrons. The van der Waals surface area contributed by atoms with E-state index in [1.165, 1.54) is 54.5 Å². The zero-order valence-corrected chi connectivity index (χ0v) is 21.0. The van der Waals surface area contributed by atoms with Crippen molar-refractivity contribution < 1.29 is 30.8 Å². The summed E-state index contributed by atoms with van der Waals surface area (Å²) in [5.74, 6) is -0.947. The van der Waals surface area contributed by atoms with Crippen LogP contribution in [-0.2, 0) is 22.7 Å². The molecular formula is C23H23F4N7O3S. The first-order valence-corrected chi connectivity index (χ1v) is 13.0. The molecule has 3 heterocycles. The van der Waals surface area contributed by atoms with Crippen molar-refractivity contribution in [2.45, 2.75) is 18.9 Å². The van der Waals surface area contributed by atoms with E-state index in [0.29, 0.717) is 23.0 Å². The summed E-state index contributed by atoms with van der Waals surface area (Å²) in [4.78, 5) is 25.4. The van der Waals surface area contributed by atoms with Crippen LogP contribution in [0.2, 0.25) is 0 Å². The maximum atomic E-state index is 13.6. The Morgan fingerprint density at radius 3 is 2.45 bits per heavy atom. The largest absolute Gasteiger partial charge is 0.421 e. The van der Waals surface area contributed by atoms with E-state index >= 15 is 0 Å². The fourth-order valence-corrected chi connectivity index (χ4v) is 4.05. The zero-order valence-electron chi connectivity index (χ0n) is 20.2. The molecule has 1 fully saturated rings. The van der Waals surface area contributed by atoms with Gasteiger partial charge in [0.2, 0.25) is 16.0 Å².